The lowest BCUT2D eigenvalue weighted by Gasteiger charge is -2.17. The zero-order valence-corrected chi connectivity index (χ0v) is 9.12. The molecule has 0 saturated heterocycles. The van der Waals surface area contributed by atoms with E-state index in [0.717, 1.165) is 31.9 Å². The Balaban J connectivity index is 2.29. The summed E-state index contributed by atoms with van der Waals surface area (Å²) in [6.07, 6.45) is 3.34. The van der Waals surface area contributed by atoms with Crippen LogP contribution in [0.3, 0.4) is 0 Å². The maximum atomic E-state index is 5.63. The molecule has 0 radical (unpaired) electrons. The summed E-state index contributed by atoms with van der Waals surface area (Å²) < 4.78 is 5.63. The fourth-order valence-electron chi connectivity index (χ4n) is 1.88. The Labute approximate surface area is 91.0 Å². The molecule has 1 aliphatic heterocycles. The Morgan fingerprint density at radius 3 is 2.93 bits per heavy atom. The second kappa shape index (κ2) is 4.99. The van der Waals surface area contributed by atoms with E-state index >= 15 is 0 Å². The highest BCUT2D eigenvalue weighted by molar-refractivity contribution is 5.71. The van der Waals surface area contributed by atoms with Crippen LogP contribution in [0.15, 0.2) is 30.3 Å². The van der Waals surface area contributed by atoms with Gasteiger partial charge in [0.15, 0.2) is 0 Å². The van der Waals surface area contributed by atoms with Gasteiger partial charge in [0.2, 0.25) is 0 Å². The lowest BCUT2D eigenvalue weighted by molar-refractivity contribution is 0.339. The smallest absolute Gasteiger partial charge is 0.126 e. The fraction of sp³-hybridized carbons (Fsp3) is 0.385. The molecule has 0 atom stereocenters. The Morgan fingerprint density at radius 2 is 2.20 bits per heavy atom. The van der Waals surface area contributed by atoms with Crippen molar-refractivity contribution in [3.63, 3.8) is 0 Å². The van der Waals surface area contributed by atoms with Crippen molar-refractivity contribution in [1.82, 2.24) is 5.32 Å². The maximum absolute atomic E-state index is 5.63. The first kappa shape index (κ1) is 10.2. The molecular weight excluding hydrogens is 186 g/mol. The van der Waals surface area contributed by atoms with Gasteiger partial charge in [0.05, 0.1) is 6.61 Å². The van der Waals surface area contributed by atoms with Crippen LogP contribution in [-0.4, -0.2) is 19.7 Å². The molecule has 0 amide bonds. The van der Waals surface area contributed by atoms with E-state index in [2.05, 4.69) is 23.5 Å². The minimum Gasteiger partial charge on any atom is -0.493 e. The van der Waals surface area contributed by atoms with Crippen LogP contribution in [0.4, 0.5) is 0 Å². The van der Waals surface area contributed by atoms with Gasteiger partial charge in [-0.1, -0.05) is 24.3 Å². The molecule has 0 aromatic heterocycles. The average Bonchev–Trinajstić information content (AvgIpc) is 2.31. The molecule has 1 N–H and O–H groups in total. The van der Waals surface area contributed by atoms with E-state index in [1.807, 2.05) is 19.1 Å². The number of nitrogens with one attached hydrogen (secondary N) is 1. The van der Waals surface area contributed by atoms with Crippen molar-refractivity contribution in [1.29, 1.82) is 0 Å². The quantitative estimate of drug-likeness (QED) is 0.814. The van der Waals surface area contributed by atoms with Crippen LogP contribution >= 0.6 is 0 Å². The summed E-state index contributed by atoms with van der Waals surface area (Å²) in [5.41, 5.74) is 2.65. The summed E-state index contributed by atoms with van der Waals surface area (Å²) in [6, 6.07) is 8.28. The number of benzene rings is 1. The molecule has 1 heterocycles. The molecule has 0 saturated carbocycles. The average molecular weight is 203 g/mol. The summed E-state index contributed by atoms with van der Waals surface area (Å²) >= 11 is 0. The van der Waals surface area contributed by atoms with Gasteiger partial charge in [0.1, 0.15) is 5.75 Å². The monoisotopic (exact) mass is 203 g/mol. The first-order valence-corrected chi connectivity index (χ1v) is 5.53. The van der Waals surface area contributed by atoms with Crippen molar-refractivity contribution in [2.24, 2.45) is 0 Å². The molecule has 1 aliphatic rings. The zero-order valence-electron chi connectivity index (χ0n) is 9.12. The van der Waals surface area contributed by atoms with Crippen LogP contribution in [0, 0.1) is 0 Å². The van der Waals surface area contributed by atoms with E-state index in [-0.39, 0.29) is 0 Å². The standard InChI is InChI=1S/C13H17NO/c1-2-15-13-6-4-3-5-12(13)11-7-9-14-10-8-11/h3-7,14H,2,8-10H2,1H3. The second-order valence-electron chi connectivity index (χ2n) is 3.61. The molecule has 1 aromatic carbocycles. The summed E-state index contributed by atoms with van der Waals surface area (Å²) in [6.45, 7) is 4.78. The molecule has 1 aromatic rings. The summed E-state index contributed by atoms with van der Waals surface area (Å²) in [5.74, 6) is 1.01. The number of hydrogen-bond donors (Lipinski definition) is 1. The van der Waals surface area contributed by atoms with E-state index in [1.54, 1.807) is 0 Å². The van der Waals surface area contributed by atoms with Gasteiger partial charge in [-0.15, -0.1) is 0 Å². The van der Waals surface area contributed by atoms with E-state index in [9.17, 15) is 0 Å². The van der Waals surface area contributed by atoms with Crippen molar-refractivity contribution in [2.45, 2.75) is 13.3 Å². The van der Waals surface area contributed by atoms with Gasteiger partial charge in [0, 0.05) is 12.1 Å². The van der Waals surface area contributed by atoms with Gasteiger partial charge in [-0.25, -0.2) is 0 Å². The molecule has 0 aliphatic carbocycles. The normalized spacial score (nSPS) is 15.9. The molecule has 2 heteroatoms. The number of rotatable bonds is 3. The molecular formula is C13H17NO. The van der Waals surface area contributed by atoms with Crippen molar-refractivity contribution < 1.29 is 4.74 Å². The lowest BCUT2D eigenvalue weighted by atomic mass is 9.99. The van der Waals surface area contributed by atoms with Gasteiger partial charge < -0.3 is 10.1 Å². The zero-order chi connectivity index (χ0) is 10.5. The largest absolute Gasteiger partial charge is 0.493 e. The number of para-hydroxylation sites is 1. The van der Waals surface area contributed by atoms with Crippen LogP contribution in [0.25, 0.3) is 5.57 Å². The van der Waals surface area contributed by atoms with E-state index in [1.165, 1.54) is 11.1 Å². The minimum absolute atomic E-state index is 0.725. The molecule has 15 heavy (non-hydrogen) atoms. The van der Waals surface area contributed by atoms with Crippen molar-refractivity contribution in [3.05, 3.63) is 35.9 Å². The maximum Gasteiger partial charge on any atom is 0.126 e. The summed E-state index contributed by atoms with van der Waals surface area (Å²) in [5, 5.41) is 3.32. The van der Waals surface area contributed by atoms with E-state index in [0.29, 0.717) is 0 Å². The number of hydrogen-bond acceptors (Lipinski definition) is 2. The lowest BCUT2D eigenvalue weighted by Crippen LogP contribution is -2.20. The fourth-order valence-corrected chi connectivity index (χ4v) is 1.88. The number of ether oxygens (including phenoxy) is 1. The van der Waals surface area contributed by atoms with Crippen LogP contribution in [0.2, 0.25) is 0 Å². The van der Waals surface area contributed by atoms with E-state index in [4.69, 9.17) is 4.74 Å². The first-order chi connectivity index (χ1) is 7.42. The first-order valence-electron chi connectivity index (χ1n) is 5.53. The van der Waals surface area contributed by atoms with Gasteiger partial charge >= 0.3 is 0 Å². The molecule has 0 fully saturated rings. The molecule has 0 spiro atoms. The topological polar surface area (TPSA) is 21.3 Å². The Morgan fingerprint density at radius 1 is 1.33 bits per heavy atom. The highest BCUT2D eigenvalue weighted by atomic mass is 16.5. The minimum atomic E-state index is 0.725. The summed E-state index contributed by atoms with van der Waals surface area (Å²) in [7, 11) is 0. The molecule has 2 rings (SSSR count). The summed E-state index contributed by atoms with van der Waals surface area (Å²) in [4.78, 5) is 0. The van der Waals surface area contributed by atoms with Gasteiger partial charge in [-0.3, -0.25) is 0 Å². The van der Waals surface area contributed by atoms with Crippen LogP contribution in [-0.2, 0) is 0 Å². The van der Waals surface area contributed by atoms with Crippen LogP contribution in [0.1, 0.15) is 18.9 Å². The van der Waals surface area contributed by atoms with E-state index < -0.39 is 0 Å². The third-order valence-corrected chi connectivity index (χ3v) is 2.60. The molecule has 80 valence electrons. The van der Waals surface area contributed by atoms with Crippen LogP contribution < -0.4 is 10.1 Å². The Bertz CT molecular complexity index is 357. The third kappa shape index (κ3) is 2.39. The Hall–Kier alpha value is -1.28. The predicted molar refractivity (Wildman–Crippen MR) is 63.1 cm³/mol. The molecule has 0 unspecified atom stereocenters. The van der Waals surface area contributed by atoms with Gasteiger partial charge in [0.25, 0.3) is 0 Å². The SMILES string of the molecule is CCOc1ccccc1C1=CCNCC1. The Kier molecular flexibility index (Phi) is 3.41. The second-order valence-corrected chi connectivity index (χ2v) is 3.61. The highest BCUT2D eigenvalue weighted by Gasteiger charge is 2.09. The van der Waals surface area contributed by atoms with Crippen molar-refractivity contribution in [2.75, 3.05) is 19.7 Å². The van der Waals surface area contributed by atoms with Crippen LogP contribution in [0.5, 0.6) is 5.75 Å². The van der Waals surface area contributed by atoms with Crippen molar-refractivity contribution >= 4 is 5.57 Å². The predicted octanol–water partition coefficient (Wildman–Crippen LogP) is 2.46. The third-order valence-electron chi connectivity index (χ3n) is 2.60. The molecule has 2 nitrogen and oxygen atoms in total. The van der Waals surface area contributed by atoms with Gasteiger partial charge in [-0.2, -0.15) is 0 Å². The molecule has 0 bridgehead atoms. The highest BCUT2D eigenvalue weighted by Crippen LogP contribution is 2.28. The van der Waals surface area contributed by atoms with Crippen molar-refractivity contribution in [3.8, 4) is 5.75 Å². The van der Waals surface area contributed by atoms with Gasteiger partial charge in [-0.05, 0) is 31.5 Å².